The molecule has 2 fully saturated rings. The van der Waals surface area contributed by atoms with Crippen molar-refractivity contribution in [2.45, 2.75) is 65.1 Å². The molecule has 0 saturated carbocycles. The summed E-state index contributed by atoms with van der Waals surface area (Å²) in [7, 11) is 0. The topological polar surface area (TPSA) is 55.3 Å². The molecule has 2 heterocycles. The maximum Gasteiger partial charge on any atom is 0.193 e. The van der Waals surface area contributed by atoms with Crippen LogP contribution in [0.1, 0.15) is 52.0 Å². The summed E-state index contributed by atoms with van der Waals surface area (Å²) < 4.78 is 17.6. The molecule has 0 aliphatic carbocycles. The number of nitrogens with zero attached hydrogens (tertiary/aromatic N) is 2. The van der Waals surface area contributed by atoms with Crippen LogP contribution in [-0.4, -0.2) is 69.1 Å². The zero-order valence-electron chi connectivity index (χ0n) is 19.6. The van der Waals surface area contributed by atoms with Gasteiger partial charge in [-0.15, -0.1) is 0 Å². The SMILES string of the molecule is CCNC(=NCCc1ccc(OCC(C)C)cc1)N1CCC(OCC2CCCO2)CC1. The number of guanidine groups is 1. The summed E-state index contributed by atoms with van der Waals surface area (Å²) in [4.78, 5) is 7.26. The van der Waals surface area contributed by atoms with E-state index >= 15 is 0 Å². The van der Waals surface area contributed by atoms with Gasteiger partial charge >= 0.3 is 0 Å². The fraction of sp³-hybridized carbons (Fsp3) is 0.720. The van der Waals surface area contributed by atoms with Gasteiger partial charge in [-0.2, -0.15) is 0 Å². The lowest BCUT2D eigenvalue weighted by Crippen LogP contribution is -2.47. The first-order valence-corrected chi connectivity index (χ1v) is 12.1. The van der Waals surface area contributed by atoms with Crippen molar-refractivity contribution in [3.05, 3.63) is 29.8 Å². The van der Waals surface area contributed by atoms with Gasteiger partial charge < -0.3 is 24.4 Å². The minimum Gasteiger partial charge on any atom is -0.493 e. The van der Waals surface area contributed by atoms with Gasteiger partial charge in [-0.05, 0) is 62.6 Å². The Bertz CT molecular complexity index is 648. The standard InChI is InChI=1S/C25H41N3O3/c1-4-26-25(27-14-11-21-7-9-22(10-8-21)30-18-20(2)3)28-15-12-23(13-16-28)31-19-24-6-5-17-29-24/h7-10,20,23-24H,4-6,11-19H2,1-3H3,(H,26,27). The molecule has 6 heteroatoms. The Morgan fingerprint density at radius 2 is 1.97 bits per heavy atom. The number of ether oxygens (including phenoxy) is 3. The minimum atomic E-state index is 0.313. The van der Waals surface area contributed by atoms with Crippen LogP contribution in [0, 0.1) is 5.92 Å². The van der Waals surface area contributed by atoms with Crippen LogP contribution in [0.25, 0.3) is 0 Å². The molecule has 2 aliphatic heterocycles. The van der Waals surface area contributed by atoms with Crippen molar-refractivity contribution in [1.29, 1.82) is 0 Å². The van der Waals surface area contributed by atoms with Crippen molar-refractivity contribution in [2.24, 2.45) is 10.9 Å². The predicted octanol–water partition coefficient (Wildman–Crippen LogP) is 3.89. The molecule has 3 rings (SSSR count). The van der Waals surface area contributed by atoms with Crippen LogP contribution >= 0.6 is 0 Å². The van der Waals surface area contributed by atoms with Gasteiger partial charge in [0.25, 0.3) is 0 Å². The molecule has 31 heavy (non-hydrogen) atoms. The van der Waals surface area contributed by atoms with E-state index in [1.54, 1.807) is 0 Å². The summed E-state index contributed by atoms with van der Waals surface area (Å²) in [6.07, 6.45) is 6.01. The number of benzene rings is 1. The van der Waals surface area contributed by atoms with Crippen LogP contribution in [0.4, 0.5) is 0 Å². The van der Waals surface area contributed by atoms with E-state index in [-0.39, 0.29) is 0 Å². The van der Waals surface area contributed by atoms with E-state index in [4.69, 9.17) is 19.2 Å². The van der Waals surface area contributed by atoms with Crippen LogP contribution in [0.2, 0.25) is 0 Å². The molecule has 1 N–H and O–H groups in total. The number of piperidine rings is 1. The molecule has 0 aromatic heterocycles. The molecule has 6 nitrogen and oxygen atoms in total. The van der Waals surface area contributed by atoms with Crippen LogP contribution in [0.15, 0.2) is 29.3 Å². The highest BCUT2D eigenvalue weighted by molar-refractivity contribution is 5.80. The average molecular weight is 432 g/mol. The molecule has 1 aromatic rings. The molecule has 174 valence electrons. The van der Waals surface area contributed by atoms with Gasteiger partial charge in [0, 0.05) is 32.8 Å². The van der Waals surface area contributed by atoms with Crippen molar-refractivity contribution in [2.75, 3.05) is 46.0 Å². The second kappa shape index (κ2) is 12.9. The van der Waals surface area contributed by atoms with E-state index in [0.29, 0.717) is 18.1 Å². The maximum atomic E-state index is 6.11. The third kappa shape index (κ3) is 8.34. The first kappa shape index (κ1) is 23.9. The molecule has 1 atom stereocenters. The fourth-order valence-corrected chi connectivity index (χ4v) is 3.99. The van der Waals surface area contributed by atoms with Gasteiger partial charge in [-0.25, -0.2) is 0 Å². The molecule has 2 saturated heterocycles. The van der Waals surface area contributed by atoms with E-state index in [2.05, 4.69) is 55.3 Å². The van der Waals surface area contributed by atoms with E-state index in [1.807, 2.05) is 0 Å². The third-order valence-corrected chi connectivity index (χ3v) is 5.79. The zero-order chi connectivity index (χ0) is 21.9. The molecule has 0 spiro atoms. The van der Waals surface area contributed by atoms with Crippen LogP contribution in [0.5, 0.6) is 5.75 Å². The Kier molecular flexibility index (Phi) is 9.94. The van der Waals surface area contributed by atoms with Crippen molar-refractivity contribution in [1.82, 2.24) is 10.2 Å². The molecule has 1 unspecified atom stereocenters. The molecule has 0 radical (unpaired) electrons. The lowest BCUT2D eigenvalue weighted by atomic mass is 10.1. The highest BCUT2D eigenvalue weighted by Gasteiger charge is 2.24. The first-order chi connectivity index (χ1) is 15.1. The molecule has 1 aromatic carbocycles. The van der Waals surface area contributed by atoms with Gasteiger partial charge in [0.1, 0.15) is 5.75 Å². The first-order valence-electron chi connectivity index (χ1n) is 12.1. The smallest absolute Gasteiger partial charge is 0.193 e. The Morgan fingerprint density at radius 3 is 2.61 bits per heavy atom. The minimum absolute atomic E-state index is 0.313. The number of rotatable bonds is 10. The highest BCUT2D eigenvalue weighted by Crippen LogP contribution is 2.18. The van der Waals surface area contributed by atoms with Crippen molar-refractivity contribution in [3.63, 3.8) is 0 Å². The second-order valence-electron chi connectivity index (χ2n) is 8.99. The lowest BCUT2D eigenvalue weighted by Gasteiger charge is -2.34. The summed E-state index contributed by atoms with van der Waals surface area (Å²) in [6.45, 7) is 12.5. The van der Waals surface area contributed by atoms with Gasteiger partial charge in [0.15, 0.2) is 5.96 Å². The second-order valence-corrected chi connectivity index (χ2v) is 8.99. The summed E-state index contributed by atoms with van der Waals surface area (Å²) >= 11 is 0. The zero-order valence-corrected chi connectivity index (χ0v) is 19.6. The maximum absolute atomic E-state index is 6.11. The molecular formula is C25H41N3O3. The van der Waals surface area contributed by atoms with Gasteiger partial charge in [0.05, 0.1) is 25.4 Å². The monoisotopic (exact) mass is 431 g/mol. The van der Waals surface area contributed by atoms with E-state index < -0.39 is 0 Å². The summed E-state index contributed by atoms with van der Waals surface area (Å²) in [5.74, 6) is 2.51. The van der Waals surface area contributed by atoms with E-state index in [9.17, 15) is 0 Å². The highest BCUT2D eigenvalue weighted by atomic mass is 16.5. The quantitative estimate of drug-likeness (QED) is 0.450. The Morgan fingerprint density at radius 1 is 1.19 bits per heavy atom. The van der Waals surface area contributed by atoms with Crippen LogP contribution < -0.4 is 10.1 Å². The Labute approximate surface area is 188 Å². The number of nitrogens with one attached hydrogen (secondary N) is 1. The van der Waals surface area contributed by atoms with E-state index in [1.165, 1.54) is 12.0 Å². The van der Waals surface area contributed by atoms with Gasteiger partial charge in [0.2, 0.25) is 0 Å². The van der Waals surface area contributed by atoms with Crippen molar-refractivity contribution in [3.8, 4) is 5.75 Å². The Hall–Kier alpha value is -1.79. The van der Waals surface area contributed by atoms with Crippen LogP contribution in [-0.2, 0) is 15.9 Å². The number of hydrogen-bond donors (Lipinski definition) is 1. The number of aliphatic imine (C=N–C) groups is 1. The number of hydrogen-bond acceptors (Lipinski definition) is 4. The summed E-state index contributed by atoms with van der Waals surface area (Å²) in [5.41, 5.74) is 1.29. The summed E-state index contributed by atoms with van der Waals surface area (Å²) in [6, 6.07) is 8.42. The van der Waals surface area contributed by atoms with Crippen molar-refractivity contribution < 1.29 is 14.2 Å². The predicted molar refractivity (Wildman–Crippen MR) is 126 cm³/mol. The van der Waals surface area contributed by atoms with Gasteiger partial charge in [-0.1, -0.05) is 26.0 Å². The van der Waals surface area contributed by atoms with Crippen molar-refractivity contribution >= 4 is 5.96 Å². The van der Waals surface area contributed by atoms with E-state index in [0.717, 1.165) is 83.4 Å². The molecule has 2 aliphatic rings. The Balaban J connectivity index is 1.41. The molecule has 0 amide bonds. The lowest BCUT2D eigenvalue weighted by molar-refractivity contribution is -0.0367. The molecule has 0 bridgehead atoms. The normalized spacial score (nSPS) is 20.5. The number of likely N-dealkylation sites (tertiary alicyclic amines) is 1. The third-order valence-electron chi connectivity index (χ3n) is 5.79. The molecular weight excluding hydrogens is 390 g/mol. The van der Waals surface area contributed by atoms with Gasteiger partial charge in [-0.3, -0.25) is 4.99 Å². The average Bonchev–Trinajstić information content (AvgIpc) is 3.31. The fourth-order valence-electron chi connectivity index (χ4n) is 3.99. The summed E-state index contributed by atoms with van der Waals surface area (Å²) in [5, 5.41) is 3.46. The van der Waals surface area contributed by atoms with Crippen LogP contribution in [0.3, 0.4) is 0 Å². The largest absolute Gasteiger partial charge is 0.493 e.